The van der Waals surface area contributed by atoms with E-state index in [2.05, 4.69) is 29.4 Å². The van der Waals surface area contributed by atoms with Crippen LogP contribution < -0.4 is 10.1 Å². The van der Waals surface area contributed by atoms with E-state index in [0.717, 1.165) is 17.0 Å². The molecule has 3 aromatic rings. The maximum Gasteiger partial charge on any atom is 0.226 e. The number of rotatable bonds is 7. The van der Waals surface area contributed by atoms with E-state index in [1.165, 1.54) is 5.56 Å². The van der Waals surface area contributed by atoms with E-state index < -0.39 is 0 Å². The van der Waals surface area contributed by atoms with Gasteiger partial charge in [0.2, 0.25) is 5.89 Å². The largest absolute Gasteiger partial charge is 0.494 e. The van der Waals surface area contributed by atoms with E-state index in [1.54, 1.807) is 6.26 Å². The van der Waals surface area contributed by atoms with Crippen molar-refractivity contribution in [1.29, 1.82) is 0 Å². The molecule has 1 unspecified atom stereocenters. The van der Waals surface area contributed by atoms with Gasteiger partial charge in [0.05, 0.1) is 12.3 Å². The second-order valence-electron chi connectivity index (χ2n) is 5.61. The first-order valence-electron chi connectivity index (χ1n) is 8.22. The van der Waals surface area contributed by atoms with Crippen LogP contribution in [0.1, 0.15) is 31.1 Å². The highest BCUT2D eigenvalue weighted by Gasteiger charge is 2.09. The van der Waals surface area contributed by atoms with Crippen LogP contribution in [0.3, 0.4) is 0 Å². The Hall–Kier alpha value is -2.59. The van der Waals surface area contributed by atoms with Crippen LogP contribution in [0.15, 0.2) is 65.3 Å². The van der Waals surface area contributed by atoms with Crippen LogP contribution in [0.5, 0.6) is 5.75 Å². The molecule has 1 atom stereocenters. The van der Waals surface area contributed by atoms with E-state index in [-0.39, 0.29) is 6.04 Å². The molecule has 1 aromatic heterocycles. The van der Waals surface area contributed by atoms with Crippen LogP contribution in [0, 0.1) is 0 Å². The van der Waals surface area contributed by atoms with E-state index in [9.17, 15) is 0 Å². The number of oxazole rings is 1. The lowest BCUT2D eigenvalue weighted by molar-refractivity contribution is 0.340. The van der Waals surface area contributed by atoms with Gasteiger partial charge in [-0.2, -0.15) is 0 Å². The first-order chi connectivity index (χ1) is 11.8. The number of hydrogen-bond acceptors (Lipinski definition) is 4. The minimum atomic E-state index is 0.261. The molecule has 0 saturated heterocycles. The third-order valence-electron chi connectivity index (χ3n) is 3.85. The Kier molecular flexibility index (Phi) is 5.29. The van der Waals surface area contributed by atoms with Crippen LogP contribution in [-0.2, 0) is 6.54 Å². The van der Waals surface area contributed by atoms with Gasteiger partial charge in [0.25, 0.3) is 0 Å². The van der Waals surface area contributed by atoms with Crippen molar-refractivity contribution in [2.75, 3.05) is 6.61 Å². The quantitative estimate of drug-likeness (QED) is 0.691. The summed E-state index contributed by atoms with van der Waals surface area (Å²) in [4.78, 5) is 4.55. The van der Waals surface area contributed by atoms with Gasteiger partial charge < -0.3 is 14.5 Å². The molecule has 0 aliphatic rings. The van der Waals surface area contributed by atoms with E-state index in [1.807, 2.05) is 49.4 Å². The molecule has 0 fully saturated rings. The predicted molar refractivity (Wildman–Crippen MR) is 94.8 cm³/mol. The topological polar surface area (TPSA) is 47.3 Å². The van der Waals surface area contributed by atoms with Gasteiger partial charge in [0.15, 0.2) is 0 Å². The molecule has 3 rings (SSSR count). The molecule has 0 aliphatic carbocycles. The Bertz CT molecular complexity index is 751. The van der Waals surface area contributed by atoms with Crippen molar-refractivity contribution >= 4 is 0 Å². The summed E-state index contributed by atoms with van der Waals surface area (Å²) in [6.45, 7) is 5.44. The van der Waals surface area contributed by atoms with Crippen molar-refractivity contribution in [3.05, 3.63) is 72.1 Å². The number of nitrogens with zero attached hydrogens (tertiary/aromatic N) is 1. The molecule has 0 aliphatic heterocycles. The maximum atomic E-state index is 5.60. The van der Waals surface area contributed by atoms with Crippen LogP contribution in [-0.4, -0.2) is 11.6 Å². The predicted octanol–water partition coefficient (Wildman–Crippen LogP) is 4.59. The monoisotopic (exact) mass is 322 g/mol. The van der Waals surface area contributed by atoms with Gasteiger partial charge in [-0.1, -0.05) is 30.3 Å². The Morgan fingerprint density at radius 3 is 2.54 bits per heavy atom. The van der Waals surface area contributed by atoms with E-state index in [0.29, 0.717) is 19.0 Å². The molecule has 0 bridgehead atoms. The fraction of sp³-hybridized carbons (Fsp3) is 0.250. The molecule has 124 valence electrons. The van der Waals surface area contributed by atoms with Gasteiger partial charge in [0.1, 0.15) is 12.0 Å². The van der Waals surface area contributed by atoms with Crippen molar-refractivity contribution < 1.29 is 9.15 Å². The molecule has 1 N–H and O–H groups in total. The smallest absolute Gasteiger partial charge is 0.226 e. The Morgan fingerprint density at radius 1 is 1.08 bits per heavy atom. The SMILES string of the molecule is CCOc1ccc(-c2nc(CNC(C)c3ccccc3)co2)cc1. The fourth-order valence-electron chi connectivity index (χ4n) is 2.50. The van der Waals surface area contributed by atoms with Gasteiger partial charge in [-0.05, 0) is 43.7 Å². The lowest BCUT2D eigenvalue weighted by Gasteiger charge is -2.12. The van der Waals surface area contributed by atoms with Gasteiger partial charge in [-0.15, -0.1) is 0 Å². The summed E-state index contributed by atoms with van der Waals surface area (Å²) in [6.07, 6.45) is 1.70. The maximum absolute atomic E-state index is 5.60. The molecule has 0 radical (unpaired) electrons. The molecule has 0 spiro atoms. The average Bonchev–Trinajstić information content (AvgIpc) is 3.10. The van der Waals surface area contributed by atoms with Crippen LogP contribution in [0.2, 0.25) is 0 Å². The summed E-state index contributed by atoms with van der Waals surface area (Å²) in [5.41, 5.74) is 3.09. The van der Waals surface area contributed by atoms with Crippen molar-refractivity contribution in [3.63, 3.8) is 0 Å². The second-order valence-corrected chi connectivity index (χ2v) is 5.61. The zero-order valence-electron chi connectivity index (χ0n) is 14.0. The van der Waals surface area contributed by atoms with Gasteiger partial charge in [-0.3, -0.25) is 0 Å². The zero-order chi connectivity index (χ0) is 16.8. The van der Waals surface area contributed by atoms with Crippen molar-refractivity contribution in [3.8, 4) is 17.2 Å². The van der Waals surface area contributed by atoms with Crippen LogP contribution in [0.4, 0.5) is 0 Å². The standard InChI is InChI=1S/C20H22N2O2/c1-3-23-19-11-9-17(10-12-19)20-22-18(14-24-20)13-21-15(2)16-7-5-4-6-8-16/h4-12,14-15,21H,3,13H2,1-2H3. The van der Waals surface area contributed by atoms with Gasteiger partial charge >= 0.3 is 0 Å². The molecule has 2 aromatic carbocycles. The van der Waals surface area contributed by atoms with Crippen LogP contribution in [0.25, 0.3) is 11.5 Å². The zero-order valence-corrected chi connectivity index (χ0v) is 14.0. The lowest BCUT2D eigenvalue weighted by Crippen LogP contribution is -2.18. The molecular formula is C20H22N2O2. The van der Waals surface area contributed by atoms with Crippen LogP contribution >= 0.6 is 0 Å². The molecule has 0 amide bonds. The third-order valence-corrected chi connectivity index (χ3v) is 3.85. The number of ether oxygens (including phenoxy) is 1. The van der Waals surface area contributed by atoms with Crippen molar-refractivity contribution in [2.24, 2.45) is 0 Å². The normalized spacial score (nSPS) is 12.1. The Morgan fingerprint density at radius 2 is 1.83 bits per heavy atom. The number of aromatic nitrogens is 1. The molecule has 24 heavy (non-hydrogen) atoms. The Balaban J connectivity index is 1.61. The highest BCUT2D eigenvalue weighted by molar-refractivity contribution is 5.54. The summed E-state index contributed by atoms with van der Waals surface area (Å²) >= 11 is 0. The fourth-order valence-corrected chi connectivity index (χ4v) is 2.50. The number of benzene rings is 2. The highest BCUT2D eigenvalue weighted by atomic mass is 16.5. The van der Waals surface area contributed by atoms with Gasteiger partial charge in [-0.25, -0.2) is 4.98 Å². The van der Waals surface area contributed by atoms with Crippen molar-refractivity contribution in [1.82, 2.24) is 10.3 Å². The Labute approximate surface area is 142 Å². The molecule has 1 heterocycles. The van der Waals surface area contributed by atoms with Gasteiger partial charge in [0, 0.05) is 18.2 Å². The first kappa shape index (κ1) is 16.3. The lowest BCUT2D eigenvalue weighted by atomic mass is 10.1. The van der Waals surface area contributed by atoms with E-state index in [4.69, 9.17) is 9.15 Å². The average molecular weight is 322 g/mol. The molecular weight excluding hydrogens is 300 g/mol. The summed E-state index contributed by atoms with van der Waals surface area (Å²) in [7, 11) is 0. The summed E-state index contributed by atoms with van der Waals surface area (Å²) < 4.78 is 11.0. The number of hydrogen-bond donors (Lipinski definition) is 1. The summed E-state index contributed by atoms with van der Waals surface area (Å²) in [5.74, 6) is 1.48. The first-order valence-corrected chi connectivity index (χ1v) is 8.22. The highest BCUT2D eigenvalue weighted by Crippen LogP contribution is 2.22. The summed E-state index contributed by atoms with van der Waals surface area (Å²) in [6, 6.07) is 18.4. The molecule has 4 nitrogen and oxygen atoms in total. The third kappa shape index (κ3) is 4.03. The second kappa shape index (κ2) is 7.79. The minimum absolute atomic E-state index is 0.261. The number of nitrogens with one attached hydrogen (secondary N) is 1. The molecule has 0 saturated carbocycles. The minimum Gasteiger partial charge on any atom is -0.494 e. The summed E-state index contributed by atoms with van der Waals surface area (Å²) in [5, 5.41) is 3.46. The molecule has 4 heteroatoms. The van der Waals surface area contributed by atoms with E-state index >= 15 is 0 Å². The van der Waals surface area contributed by atoms with Crippen molar-refractivity contribution in [2.45, 2.75) is 26.4 Å².